The molecule has 1 amide bonds. The van der Waals surface area contributed by atoms with Crippen LogP contribution in [0.5, 0.6) is 5.75 Å². The largest absolute Gasteiger partial charge is 0.492 e. The lowest BCUT2D eigenvalue weighted by Crippen LogP contribution is -2.11. The Morgan fingerprint density at radius 1 is 1.23 bits per heavy atom. The molecule has 10 heteroatoms. The molecular formula is C20H17FN6O2S. The fourth-order valence-corrected chi connectivity index (χ4v) is 3.41. The molecule has 30 heavy (non-hydrogen) atoms. The molecule has 0 aliphatic carbocycles. The molecule has 8 nitrogen and oxygen atoms in total. The van der Waals surface area contributed by atoms with E-state index < -0.39 is 11.7 Å². The van der Waals surface area contributed by atoms with Gasteiger partial charge in [-0.15, -0.1) is 5.10 Å². The van der Waals surface area contributed by atoms with Gasteiger partial charge in [0.25, 0.3) is 5.91 Å². The van der Waals surface area contributed by atoms with Gasteiger partial charge in [-0.25, -0.2) is 9.07 Å². The van der Waals surface area contributed by atoms with Gasteiger partial charge < -0.3 is 4.74 Å². The van der Waals surface area contributed by atoms with E-state index in [1.807, 2.05) is 38.1 Å². The van der Waals surface area contributed by atoms with Gasteiger partial charge in [0.15, 0.2) is 11.5 Å². The number of halogens is 1. The van der Waals surface area contributed by atoms with Crippen LogP contribution in [0, 0.1) is 12.7 Å². The standard InChI is InChI=1S/C20H17FN6O2S/c1-3-29-16-10-5-4-9-15(16)27-12(2)17(24-26-27)18-22-20(30-25-18)23-19(28)13-7-6-8-14(21)11-13/h4-11H,3H2,1-2H3,(H,22,23,25,28). The number of hydrogen-bond acceptors (Lipinski definition) is 7. The van der Waals surface area contributed by atoms with E-state index in [1.165, 1.54) is 18.2 Å². The molecular weight excluding hydrogens is 407 g/mol. The number of carbonyl (C=O) groups excluding carboxylic acids is 1. The number of nitrogens with one attached hydrogen (secondary N) is 1. The zero-order valence-corrected chi connectivity index (χ0v) is 17.0. The molecule has 0 saturated carbocycles. The molecule has 4 aromatic rings. The minimum absolute atomic E-state index is 0.196. The van der Waals surface area contributed by atoms with E-state index in [4.69, 9.17) is 4.74 Å². The number of para-hydroxylation sites is 2. The molecule has 0 bridgehead atoms. The van der Waals surface area contributed by atoms with E-state index >= 15 is 0 Å². The average molecular weight is 424 g/mol. The molecule has 0 unspecified atom stereocenters. The molecule has 2 aromatic heterocycles. The Balaban J connectivity index is 1.58. The van der Waals surface area contributed by atoms with Crippen molar-refractivity contribution in [2.75, 3.05) is 11.9 Å². The smallest absolute Gasteiger partial charge is 0.257 e. The highest BCUT2D eigenvalue weighted by Crippen LogP contribution is 2.27. The highest BCUT2D eigenvalue weighted by molar-refractivity contribution is 7.10. The van der Waals surface area contributed by atoms with Gasteiger partial charge in [0.05, 0.1) is 12.3 Å². The van der Waals surface area contributed by atoms with Crippen molar-refractivity contribution in [3.05, 3.63) is 65.6 Å². The number of carbonyl (C=O) groups is 1. The minimum Gasteiger partial charge on any atom is -0.492 e. The van der Waals surface area contributed by atoms with Gasteiger partial charge in [-0.2, -0.15) is 9.36 Å². The van der Waals surface area contributed by atoms with Crippen LogP contribution in [-0.4, -0.2) is 36.9 Å². The summed E-state index contributed by atoms with van der Waals surface area (Å²) < 4.78 is 24.9. The lowest BCUT2D eigenvalue weighted by atomic mass is 10.2. The van der Waals surface area contributed by atoms with Crippen molar-refractivity contribution >= 4 is 22.6 Å². The summed E-state index contributed by atoms with van der Waals surface area (Å²) in [7, 11) is 0. The van der Waals surface area contributed by atoms with Crippen molar-refractivity contribution in [1.82, 2.24) is 24.4 Å². The van der Waals surface area contributed by atoms with Gasteiger partial charge >= 0.3 is 0 Å². The van der Waals surface area contributed by atoms with Crippen LogP contribution < -0.4 is 10.1 Å². The monoisotopic (exact) mass is 424 g/mol. The highest BCUT2D eigenvalue weighted by atomic mass is 32.1. The van der Waals surface area contributed by atoms with Gasteiger partial charge in [-0.1, -0.05) is 23.4 Å². The molecule has 2 aromatic carbocycles. The SMILES string of the molecule is CCOc1ccccc1-n1nnc(-c2nsc(NC(=O)c3cccc(F)c3)n2)c1C. The fourth-order valence-electron chi connectivity index (χ4n) is 2.84. The molecule has 152 valence electrons. The summed E-state index contributed by atoms with van der Waals surface area (Å²) in [6.07, 6.45) is 0. The average Bonchev–Trinajstić information content (AvgIpc) is 3.35. The third kappa shape index (κ3) is 3.90. The summed E-state index contributed by atoms with van der Waals surface area (Å²) in [4.78, 5) is 16.6. The summed E-state index contributed by atoms with van der Waals surface area (Å²) in [5.41, 5.74) is 2.17. The van der Waals surface area contributed by atoms with Crippen molar-refractivity contribution in [2.24, 2.45) is 0 Å². The third-order valence-electron chi connectivity index (χ3n) is 4.23. The third-order valence-corrected chi connectivity index (χ3v) is 4.86. The Morgan fingerprint density at radius 3 is 2.87 bits per heavy atom. The van der Waals surface area contributed by atoms with Gasteiger partial charge in [0.2, 0.25) is 5.13 Å². The number of hydrogen-bond donors (Lipinski definition) is 1. The number of aromatic nitrogens is 5. The fraction of sp³-hybridized carbons (Fsp3) is 0.150. The number of nitrogens with zero attached hydrogens (tertiary/aromatic N) is 5. The zero-order valence-electron chi connectivity index (χ0n) is 16.2. The number of amides is 1. The quantitative estimate of drug-likeness (QED) is 0.505. The molecule has 1 N–H and O–H groups in total. The summed E-state index contributed by atoms with van der Waals surface area (Å²) in [6, 6.07) is 12.9. The second-order valence-corrected chi connectivity index (χ2v) is 6.98. The van der Waals surface area contributed by atoms with E-state index in [1.54, 1.807) is 4.68 Å². The molecule has 0 aliphatic heterocycles. The predicted octanol–water partition coefficient (Wildman–Crippen LogP) is 3.88. The van der Waals surface area contributed by atoms with Crippen LogP contribution in [0.25, 0.3) is 17.2 Å². The van der Waals surface area contributed by atoms with E-state index in [-0.39, 0.29) is 10.7 Å². The number of rotatable bonds is 6. The molecule has 0 saturated heterocycles. The maximum absolute atomic E-state index is 13.3. The first-order chi connectivity index (χ1) is 14.6. The van der Waals surface area contributed by atoms with E-state index in [0.29, 0.717) is 23.9 Å². The first-order valence-electron chi connectivity index (χ1n) is 9.12. The zero-order chi connectivity index (χ0) is 21.1. The second-order valence-electron chi connectivity index (χ2n) is 6.22. The normalized spacial score (nSPS) is 10.8. The van der Waals surface area contributed by atoms with Crippen molar-refractivity contribution in [3.8, 4) is 23.0 Å². The van der Waals surface area contributed by atoms with Gasteiger partial charge in [0.1, 0.15) is 17.3 Å². The maximum atomic E-state index is 13.3. The minimum atomic E-state index is -0.486. The topological polar surface area (TPSA) is 94.8 Å². The van der Waals surface area contributed by atoms with Crippen molar-refractivity contribution in [3.63, 3.8) is 0 Å². The van der Waals surface area contributed by atoms with Crippen LogP contribution in [0.3, 0.4) is 0 Å². The molecule has 0 atom stereocenters. The Kier molecular flexibility index (Phi) is 5.48. The second kappa shape index (κ2) is 8.37. The van der Waals surface area contributed by atoms with Crippen LogP contribution in [0.4, 0.5) is 9.52 Å². The van der Waals surface area contributed by atoms with Crippen LogP contribution in [0.1, 0.15) is 23.0 Å². The van der Waals surface area contributed by atoms with Gasteiger partial charge in [-0.3, -0.25) is 10.1 Å². The van der Waals surface area contributed by atoms with Crippen molar-refractivity contribution in [2.45, 2.75) is 13.8 Å². The number of benzene rings is 2. The Labute approximate surface area is 175 Å². The van der Waals surface area contributed by atoms with Crippen molar-refractivity contribution in [1.29, 1.82) is 0 Å². The number of anilines is 1. The van der Waals surface area contributed by atoms with Gasteiger partial charge in [0, 0.05) is 17.1 Å². The first kappa shape index (κ1) is 19.6. The molecule has 2 heterocycles. The maximum Gasteiger partial charge on any atom is 0.257 e. The lowest BCUT2D eigenvalue weighted by Gasteiger charge is -2.10. The highest BCUT2D eigenvalue weighted by Gasteiger charge is 2.19. The Hall–Kier alpha value is -3.66. The van der Waals surface area contributed by atoms with Crippen molar-refractivity contribution < 1.29 is 13.9 Å². The van der Waals surface area contributed by atoms with Crippen LogP contribution in [-0.2, 0) is 0 Å². The molecule has 0 aliphatic rings. The Morgan fingerprint density at radius 2 is 2.07 bits per heavy atom. The Bertz CT molecular complexity index is 1210. The predicted molar refractivity (Wildman–Crippen MR) is 111 cm³/mol. The summed E-state index contributed by atoms with van der Waals surface area (Å²) in [6.45, 7) is 4.29. The van der Waals surface area contributed by atoms with Crippen LogP contribution in [0.2, 0.25) is 0 Å². The van der Waals surface area contributed by atoms with E-state index in [9.17, 15) is 9.18 Å². The molecule has 0 radical (unpaired) electrons. The molecule has 4 rings (SSSR count). The summed E-state index contributed by atoms with van der Waals surface area (Å²) in [5.74, 6) is 0.0735. The summed E-state index contributed by atoms with van der Waals surface area (Å²) >= 11 is 1.01. The lowest BCUT2D eigenvalue weighted by molar-refractivity contribution is 0.102. The van der Waals surface area contributed by atoms with E-state index in [2.05, 4.69) is 25.0 Å². The first-order valence-corrected chi connectivity index (χ1v) is 9.89. The molecule has 0 spiro atoms. The summed E-state index contributed by atoms with van der Waals surface area (Å²) in [5, 5.41) is 11.3. The number of ether oxygens (including phenoxy) is 1. The van der Waals surface area contributed by atoms with Gasteiger partial charge in [-0.05, 0) is 44.2 Å². The van der Waals surface area contributed by atoms with Crippen LogP contribution in [0.15, 0.2) is 48.5 Å². The van der Waals surface area contributed by atoms with Crippen LogP contribution >= 0.6 is 11.5 Å². The van der Waals surface area contributed by atoms with E-state index in [0.717, 1.165) is 29.0 Å². The molecule has 0 fully saturated rings.